The molecule has 8 nitrogen and oxygen atoms in total. The van der Waals surface area contributed by atoms with Gasteiger partial charge in [0, 0.05) is 37.4 Å². The summed E-state index contributed by atoms with van der Waals surface area (Å²) in [5.74, 6) is 1.36. The molecule has 1 aliphatic carbocycles. The van der Waals surface area contributed by atoms with Gasteiger partial charge >= 0.3 is 0 Å². The van der Waals surface area contributed by atoms with Gasteiger partial charge < -0.3 is 14.8 Å². The van der Waals surface area contributed by atoms with Crippen LogP contribution in [0.4, 0.5) is 0 Å². The van der Waals surface area contributed by atoms with Crippen molar-refractivity contribution in [2.75, 3.05) is 26.9 Å². The van der Waals surface area contributed by atoms with Crippen LogP contribution < -0.4 is 10.1 Å². The largest absolute Gasteiger partial charge is 0.496 e. The number of para-hydroxylation sites is 1. The second kappa shape index (κ2) is 9.70. The molecular weight excluding hydrogens is 394 g/mol. The zero-order chi connectivity index (χ0) is 21.6. The third-order valence-corrected chi connectivity index (χ3v) is 5.19. The van der Waals surface area contributed by atoms with Gasteiger partial charge in [0.2, 0.25) is 0 Å². The molecular formula is C23H27N5O3. The number of methoxy groups -OCH3 is 1. The van der Waals surface area contributed by atoms with E-state index < -0.39 is 0 Å². The maximum absolute atomic E-state index is 12.8. The van der Waals surface area contributed by atoms with Crippen molar-refractivity contribution in [2.24, 2.45) is 0 Å². The van der Waals surface area contributed by atoms with Gasteiger partial charge in [-0.15, -0.1) is 0 Å². The Morgan fingerprint density at radius 2 is 2.10 bits per heavy atom. The number of ether oxygens (including phenoxy) is 2. The summed E-state index contributed by atoms with van der Waals surface area (Å²) in [4.78, 5) is 21.9. The van der Waals surface area contributed by atoms with Crippen LogP contribution in [-0.4, -0.2) is 52.5 Å². The minimum absolute atomic E-state index is 0.120. The van der Waals surface area contributed by atoms with E-state index in [9.17, 15) is 4.79 Å². The highest BCUT2D eigenvalue weighted by Crippen LogP contribution is 2.42. The van der Waals surface area contributed by atoms with Gasteiger partial charge in [0.05, 0.1) is 30.3 Å². The van der Waals surface area contributed by atoms with Crippen LogP contribution in [0.3, 0.4) is 0 Å². The SMILES string of the molecule is CCOCCCNC(=O)c1cnn(-c2nccc(-c3ccccc3OC)n2)c1C1CC1. The number of benzene rings is 1. The fraction of sp³-hybridized carbons (Fsp3) is 0.391. The molecule has 0 saturated heterocycles. The monoisotopic (exact) mass is 421 g/mol. The van der Waals surface area contributed by atoms with E-state index in [4.69, 9.17) is 14.5 Å². The zero-order valence-corrected chi connectivity index (χ0v) is 17.9. The molecule has 1 saturated carbocycles. The average molecular weight is 422 g/mol. The van der Waals surface area contributed by atoms with Gasteiger partial charge in [-0.1, -0.05) is 12.1 Å². The van der Waals surface area contributed by atoms with E-state index in [-0.39, 0.29) is 5.91 Å². The Labute approximate surface area is 181 Å². The Morgan fingerprint density at radius 1 is 1.26 bits per heavy atom. The first-order valence-corrected chi connectivity index (χ1v) is 10.6. The zero-order valence-electron chi connectivity index (χ0n) is 17.9. The fourth-order valence-corrected chi connectivity index (χ4v) is 3.51. The van der Waals surface area contributed by atoms with Gasteiger partial charge in [-0.3, -0.25) is 4.79 Å². The second-order valence-corrected chi connectivity index (χ2v) is 7.38. The molecule has 0 bridgehead atoms. The third-order valence-electron chi connectivity index (χ3n) is 5.19. The van der Waals surface area contributed by atoms with Crippen molar-refractivity contribution < 1.29 is 14.3 Å². The highest BCUT2D eigenvalue weighted by atomic mass is 16.5. The Hall–Kier alpha value is -3.26. The standard InChI is InChI=1S/C23H27N5O3/c1-3-31-14-6-12-24-22(29)18-15-26-28(21(18)16-9-10-16)23-25-13-11-19(27-23)17-7-4-5-8-20(17)30-2/h4-5,7-8,11,13,15-16H,3,6,9-10,12,14H2,1-2H3,(H,24,29). The number of carbonyl (C=O) groups is 1. The van der Waals surface area contributed by atoms with Crippen molar-refractivity contribution in [3.8, 4) is 23.0 Å². The topological polar surface area (TPSA) is 91.2 Å². The molecule has 1 aliphatic rings. The fourth-order valence-electron chi connectivity index (χ4n) is 3.51. The molecule has 162 valence electrons. The van der Waals surface area contributed by atoms with Gasteiger partial charge in [-0.25, -0.2) is 14.6 Å². The minimum atomic E-state index is -0.120. The normalized spacial score (nSPS) is 13.2. The van der Waals surface area contributed by atoms with Gasteiger partial charge in [-0.05, 0) is 44.4 Å². The molecule has 0 radical (unpaired) electrons. The van der Waals surface area contributed by atoms with Crippen molar-refractivity contribution >= 4 is 5.91 Å². The van der Waals surface area contributed by atoms with Crippen LogP contribution in [0.2, 0.25) is 0 Å². The lowest BCUT2D eigenvalue weighted by Crippen LogP contribution is -2.26. The number of aromatic nitrogens is 4. The number of nitrogens with one attached hydrogen (secondary N) is 1. The summed E-state index contributed by atoms with van der Waals surface area (Å²) in [5, 5.41) is 7.45. The Bertz CT molecular complexity index is 1050. The predicted molar refractivity (Wildman–Crippen MR) is 117 cm³/mol. The van der Waals surface area contributed by atoms with Gasteiger partial charge in [0.15, 0.2) is 0 Å². The summed E-state index contributed by atoms with van der Waals surface area (Å²) in [6.07, 6.45) is 6.15. The lowest BCUT2D eigenvalue weighted by Gasteiger charge is -2.11. The first-order chi connectivity index (χ1) is 15.2. The smallest absolute Gasteiger partial charge is 0.254 e. The number of hydrogen-bond acceptors (Lipinski definition) is 6. The molecule has 1 N–H and O–H groups in total. The quantitative estimate of drug-likeness (QED) is 0.505. The van der Waals surface area contributed by atoms with Gasteiger partial charge in [0.1, 0.15) is 5.75 Å². The lowest BCUT2D eigenvalue weighted by atomic mass is 10.1. The molecule has 8 heteroatoms. The van der Waals surface area contributed by atoms with Crippen LogP contribution in [0.1, 0.15) is 48.2 Å². The van der Waals surface area contributed by atoms with Crippen LogP contribution in [0.15, 0.2) is 42.7 Å². The van der Waals surface area contributed by atoms with Crippen molar-refractivity contribution in [2.45, 2.75) is 32.1 Å². The number of nitrogens with zero attached hydrogens (tertiary/aromatic N) is 4. The van der Waals surface area contributed by atoms with Crippen molar-refractivity contribution in [1.82, 2.24) is 25.1 Å². The van der Waals surface area contributed by atoms with Crippen LogP contribution in [-0.2, 0) is 4.74 Å². The number of amides is 1. The molecule has 1 amide bonds. The first-order valence-electron chi connectivity index (χ1n) is 10.6. The Kier molecular flexibility index (Phi) is 6.57. The molecule has 2 aromatic heterocycles. The van der Waals surface area contributed by atoms with Gasteiger partial charge in [0.25, 0.3) is 11.9 Å². The van der Waals surface area contributed by atoms with E-state index >= 15 is 0 Å². The van der Waals surface area contributed by atoms with E-state index in [1.165, 1.54) is 0 Å². The van der Waals surface area contributed by atoms with Crippen molar-refractivity contribution in [3.63, 3.8) is 0 Å². The molecule has 2 heterocycles. The summed E-state index contributed by atoms with van der Waals surface area (Å²) >= 11 is 0. The molecule has 0 spiro atoms. The number of hydrogen-bond donors (Lipinski definition) is 1. The minimum Gasteiger partial charge on any atom is -0.496 e. The van der Waals surface area contributed by atoms with E-state index in [0.29, 0.717) is 37.2 Å². The highest BCUT2D eigenvalue weighted by Gasteiger charge is 2.33. The van der Waals surface area contributed by atoms with Crippen LogP contribution in [0.25, 0.3) is 17.2 Å². The van der Waals surface area contributed by atoms with Crippen LogP contribution in [0, 0.1) is 0 Å². The third kappa shape index (κ3) is 4.74. The molecule has 31 heavy (non-hydrogen) atoms. The summed E-state index contributed by atoms with van der Waals surface area (Å²) < 4.78 is 12.5. The summed E-state index contributed by atoms with van der Waals surface area (Å²) in [7, 11) is 1.64. The number of rotatable bonds is 10. The highest BCUT2D eigenvalue weighted by molar-refractivity contribution is 5.95. The average Bonchev–Trinajstić information content (AvgIpc) is 3.56. The molecule has 1 aromatic carbocycles. The molecule has 3 aromatic rings. The Morgan fingerprint density at radius 3 is 2.87 bits per heavy atom. The molecule has 0 unspecified atom stereocenters. The second-order valence-electron chi connectivity index (χ2n) is 7.38. The van der Waals surface area contributed by atoms with Gasteiger partial charge in [-0.2, -0.15) is 5.10 Å². The van der Waals surface area contributed by atoms with Crippen molar-refractivity contribution in [1.29, 1.82) is 0 Å². The maximum atomic E-state index is 12.8. The van der Waals surface area contributed by atoms with Crippen LogP contribution >= 0.6 is 0 Å². The van der Waals surface area contributed by atoms with E-state index in [2.05, 4.69) is 15.4 Å². The van der Waals surface area contributed by atoms with Crippen molar-refractivity contribution in [3.05, 3.63) is 54.0 Å². The summed E-state index contributed by atoms with van der Waals surface area (Å²) in [5.41, 5.74) is 3.08. The predicted octanol–water partition coefficient (Wildman–Crippen LogP) is 3.37. The van der Waals surface area contributed by atoms with E-state index in [1.54, 1.807) is 24.2 Å². The molecule has 4 rings (SSSR count). The first kappa shape index (κ1) is 21.0. The summed E-state index contributed by atoms with van der Waals surface area (Å²) in [6, 6.07) is 9.55. The molecule has 0 atom stereocenters. The molecule has 0 aliphatic heterocycles. The lowest BCUT2D eigenvalue weighted by molar-refractivity contribution is 0.0943. The van der Waals surface area contributed by atoms with E-state index in [0.717, 1.165) is 42.0 Å². The van der Waals surface area contributed by atoms with E-state index in [1.807, 2.05) is 37.3 Å². The maximum Gasteiger partial charge on any atom is 0.254 e. The number of carbonyl (C=O) groups excluding carboxylic acids is 1. The molecule has 1 fully saturated rings. The Balaban J connectivity index is 1.60. The summed E-state index contributed by atoms with van der Waals surface area (Å²) in [6.45, 7) is 3.84. The van der Waals surface area contributed by atoms with Crippen LogP contribution in [0.5, 0.6) is 5.75 Å².